The summed E-state index contributed by atoms with van der Waals surface area (Å²) in [4.78, 5) is 13.8. The lowest BCUT2D eigenvalue weighted by molar-refractivity contribution is -0.136. The Balaban J connectivity index is 1.62. The first-order valence-corrected chi connectivity index (χ1v) is 6.42. The Kier molecular flexibility index (Phi) is 4.18. The van der Waals surface area contributed by atoms with E-state index < -0.39 is 0 Å². The van der Waals surface area contributed by atoms with Gasteiger partial charge in [0.15, 0.2) is 0 Å². The van der Waals surface area contributed by atoms with Gasteiger partial charge in [0, 0.05) is 18.6 Å². The summed E-state index contributed by atoms with van der Waals surface area (Å²) in [5.41, 5.74) is 0. The van der Waals surface area contributed by atoms with E-state index in [0.717, 1.165) is 13.1 Å². The van der Waals surface area contributed by atoms with Gasteiger partial charge in [0.1, 0.15) is 6.61 Å². The van der Waals surface area contributed by atoms with Crippen molar-refractivity contribution in [2.75, 3.05) is 26.3 Å². The maximum atomic E-state index is 11.8. The van der Waals surface area contributed by atoms with Crippen molar-refractivity contribution >= 4 is 5.91 Å². The van der Waals surface area contributed by atoms with E-state index in [1.807, 2.05) is 11.8 Å². The van der Waals surface area contributed by atoms with Gasteiger partial charge in [-0.05, 0) is 39.2 Å². The van der Waals surface area contributed by atoms with E-state index in [0.29, 0.717) is 18.7 Å². The van der Waals surface area contributed by atoms with Gasteiger partial charge in [-0.3, -0.25) is 4.79 Å². The highest BCUT2D eigenvalue weighted by Gasteiger charge is 2.31. The average molecular weight is 226 g/mol. The Morgan fingerprint density at radius 3 is 2.81 bits per heavy atom. The summed E-state index contributed by atoms with van der Waals surface area (Å²) in [6.07, 6.45) is 4.74. The summed E-state index contributed by atoms with van der Waals surface area (Å²) in [7, 11) is 0. The molecule has 1 unspecified atom stereocenters. The van der Waals surface area contributed by atoms with Crippen molar-refractivity contribution in [2.45, 2.75) is 44.7 Å². The largest absolute Gasteiger partial charge is 0.370 e. The Hall–Kier alpha value is -0.610. The maximum absolute atomic E-state index is 11.8. The monoisotopic (exact) mass is 226 g/mol. The fraction of sp³-hybridized carbons (Fsp3) is 0.917. The first-order chi connectivity index (χ1) is 7.81. The van der Waals surface area contributed by atoms with Gasteiger partial charge in [-0.15, -0.1) is 0 Å². The molecule has 1 atom stereocenters. The van der Waals surface area contributed by atoms with Gasteiger partial charge < -0.3 is 15.0 Å². The zero-order valence-corrected chi connectivity index (χ0v) is 10.1. The third kappa shape index (κ3) is 3.19. The van der Waals surface area contributed by atoms with Crippen molar-refractivity contribution in [2.24, 2.45) is 0 Å². The van der Waals surface area contributed by atoms with Crippen LogP contribution in [-0.4, -0.2) is 49.2 Å². The molecule has 1 N–H and O–H groups in total. The minimum absolute atomic E-state index is 0.156. The molecule has 1 saturated carbocycles. The highest BCUT2D eigenvalue weighted by atomic mass is 16.5. The predicted molar refractivity (Wildman–Crippen MR) is 62.3 cm³/mol. The lowest BCUT2D eigenvalue weighted by Gasteiger charge is -2.20. The van der Waals surface area contributed by atoms with Gasteiger partial charge in [-0.2, -0.15) is 0 Å². The predicted octanol–water partition coefficient (Wildman–Crippen LogP) is 0.766. The van der Waals surface area contributed by atoms with Crippen molar-refractivity contribution in [3.63, 3.8) is 0 Å². The molecule has 1 heterocycles. The number of hydrogen-bond donors (Lipinski definition) is 1. The van der Waals surface area contributed by atoms with Crippen LogP contribution in [0.1, 0.15) is 32.6 Å². The lowest BCUT2D eigenvalue weighted by Crippen LogP contribution is -2.37. The first kappa shape index (κ1) is 11.9. The zero-order valence-electron chi connectivity index (χ0n) is 10.1. The van der Waals surface area contributed by atoms with Crippen LogP contribution in [0.2, 0.25) is 0 Å². The molecule has 92 valence electrons. The number of nitrogens with one attached hydrogen (secondary N) is 1. The fourth-order valence-corrected chi connectivity index (χ4v) is 2.29. The van der Waals surface area contributed by atoms with Crippen LogP contribution in [0.3, 0.4) is 0 Å². The van der Waals surface area contributed by atoms with E-state index in [4.69, 9.17) is 4.74 Å². The summed E-state index contributed by atoms with van der Waals surface area (Å²) in [5, 5.41) is 3.36. The summed E-state index contributed by atoms with van der Waals surface area (Å²) < 4.78 is 5.49. The summed E-state index contributed by atoms with van der Waals surface area (Å²) >= 11 is 0. The SMILES string of the molecule is CCN(C(=O)COCC1CCCN1)C1CC1. The van der Waals surface area contributed by atoms with Gasteiger partial charge >= 0.3 is 0 Å². The van der Waals surface area contributed by atoms with Gasteiger partial charge in [-0.1, -0.05) is 0 Å². The van der Waals surface area contributed by atoms with E-state index in [1.54, 1.807) is 0 Å². The number of ether oxygens (including phenoxy) is 1. The van der Waals surface area contributed by atoms with Gasteiger partial charge in [-0.25, -0.2) is 0 Å². The molecular weight excluding hydrogens is 204 g/mol. The van der Waals surface area contributed by atoms with Crippen LogP contribution in [0.15, 0.2) is 0 Å². The van der Waals surface area contributed by atoms with Crippen LogP contribution >= 0.6 is 0 Å². The normalized spacial score (nSPS) is 24.7. The maximum Gasteiger partial charge on any atom is 0.248 e. The second kappa shape index (κ2) is 5.64. The smallest absolute Gasteiger partial charge is 0.248 e. The quantitative estimate of drug-likeness (QED) is 0.727. The Labute approximate surface area is 97.3 Å². The first-order valence-electron chi connectivity index (χ1n) is 6.42. The van der Waals surface area contributed by atoms with Gasteiger partial charge in [0.05, 0.1) is 6.61 Å². The summed E-state index contributed by atoms with van der Waals surface area (Å²) in [5.74, 6) is 0.156. The molecule has 0 bridgehead atoms. The topological polar surface area (TPSA) is 41.6 Å². The van der Waals surface area contributed by atoms with Crippen molar-refractivity contribution in [1.82, 2.24) is 10.2 Å². The van der Waals surface area contributed by atoms with Crippen LogP contribution in [-0.2, 0) is 9.53 Å². The molecule has 0 aromatic rings. The molecule has 0 aromatic carbocycles. The zero-order chi connectivity index (χ0) is 11.4. The minimum atomic E-state index is 0.156. The summed E-state index contributed by atoms with van der Waals surface area (Å²) in [6, 6.07) is 0.967. The second-order valence-electron chi connectivity index (χ2n) is 4.72. The molecule has 0 radical (unpaired) electrons. The van der Waals surface area contributed by atoms with Crippen LogP contribution in [0.4, 0.5) is 0 Å². The van der Waals surface area contributed by atoms with Gasteiger partial charge in [0.25, 0.3) is 0 Å². The standard InChI is InChI=1S/C12H22N2O2/c1-2-14(11-5-6-11)12(15)9-16-8-10-4-3-7-13-10/h10-11,13H,2-9H2,1H3. The Bertz CT molecular complexity index is 235. The number of rotatable bonds is 6. The molecule has 4 nitrogen and oxygen atoms in total. The molecule has 1 amide bonds. The van der Waals surface area contributed by atoms with E-state index in [1.165, 1.54) is 25.7 Å². The average Bonchev–Trinajstić information content (AvgIpc) is 2.96. The molecule has 16 heavy (non-hydrogen) atoms. The molecule has 4 heteroatoms. The molecule has 2 aliphatic rings. The number of nitrogens with zero attached hydrogens (tertiary/aromatic N) is 1. The molecule has 0 aromatic heterocycles. The van der Waals surface area contributed by atoms with Gasteiger partial charge in [0.2, 0.25) is 5.91 Å². The van der Waals surface area contributed by atoms with Crippen molar-refractivity contribution in [1.29, 1.82) is 0 Å². The van der Waals surface area contributed by atoms with Crippen LogP contribution in [0.5, 0.6) is 0 Å². The van der Waals surface area contributed by atoms with Crippen molar-refractivity contribution < 1.29 is 9.53 Å². The number of carbonyl (C=O) groups is 1. The number of hydrogen-bond acceptors (Lipinski definition) is 3. The molecule has 2 rings (SSSR count). The Morgan fingerprint density at radius 1 is 1.44 bits per heavy atom. The lowest BCUT2D eigenvalue weighted by atomic mass is 10.2. The number of likely N-dealkylation sites (N-methyl/N-ethyl adjacent to an activating group) is 1. The molecule has 1 aliphatic carbocycles. The Morgan fingerprint density at radius 2 is 2.25 bits per heavy atom. The molecule has 1 saturated heterocycles. The van der Waals surface area contributed by atoms with Crippen molar-refractivity contribution in [3.8, 4) is 0 Å². The molecule has 0 spiro atoms. The van der Waals surface area contributed by atoms with E-state index in [-0.39, 0.29) is 12.5 Å². The fourth-order valence-electron chi connectivity index (χ4n) is 2.29. The van der Waals surface area contributed by atoms with E-state index >= 15 is 0 Å². The van der Waals surface area contributed by atoms with Crippen LogP contribution < -0.4 is 5.32 Å². The number of carbonyl (C=O) groups excluding carboxylic acids is 1. The molecule has 2 fully saturated rings. The third-order valence-corrected chi connectivity index (χ3v) is 3.36. The van der Waals surface area contributed by atoms with E-state index in [2.05, 4.69) is 5.32 Å². The number of amides is 1. The molecule has 1 aliphatic heterocycles. The molecular formula is C12H22N2O2. The second-order valence-corrected chi connectivity index (χ2v) is 4.72. The van der Waals surface area contributed by atoms with Crippen LogP contribution in [0, 0.1) is 0 Å². The third-order valence-electron chi connectivity index (χ3n) is 3.36. The highest BCUT2D eigenvalue weighted by Crippen LogP contribution is 2.26. The van der Waals surface area contributed by atoms with Crippen molar-refractivity contribution in [3.05, 3.63) is 0 Å². The van der Waals surface area contributed by atoms with Crippen LogP contribution in [0.25, 0.3) is 0 Å². The summed E-state index contributed by atoms with van der Waals surface area (Å²) in [6.45, 7) is 4.87. The highest BCUT2D eigenvalue weighted by molar-refractivity contribution is 5.78. The van der Waals surface area contributed by atoms with E-state index in [9.17, 15) is 4.79 Å². The minimum Gasteiger partial charge on any atom is -0.370 e.